The van der Waals surface area contributed by atoms with Crippen molar-refractivity contribution in [3.8, 4) is 11.3 Å². The minimum absolute atomic E-state index is 0.756. The molecule has 4 rings (SSSR count). The van der Waals surface area contributed by atoms with Crippen molar-refractivity contribution in [3.63, 3.8) is 0 Å². The van der Waals surface area contributed by atoms with Gasteiger partial charge in [0.2, 0.25) is 0 Å². The zero-order chi connectivity index (χ0) is 16.4. The molecule has 3 N–H and O–H groups in total. The Balaban J connectivity index is 1.93. The van der Waals surface area contributed by atoms with Crippen LogP contribution in [0.15, 0.2) is 66.7 Å². The summed E-state index contributed by atoms with van der Waals surface area (Å²) < 4.78 is 0. The molecule has 0 bridgehead atoms. The predicted octanol–water partition coefficient (Wildman–Crippen LogP) is 5.27. The Hall–Kier alpha value is -2.58. The molecular formula is C22H22N2. The molecule has 0 fully saturated rings. The van der Waals surface area contributed by atoms with Crippen LogP contribution in [0.3, 0.4) is 0 Å². The number of fused-ring (bicyclic) bond motifs is 2. The Bertz CT molecular complexity index is 976. The van der Waals surface area contributed by atoms with Crippen molar-refractivity contribution in [2.45, 2.75) is 19.3 Å². The fourth-order valence-electron chi connectivity index (χ4n) is 3.58. The molecule has 24 heavy (non-hydrogen) atoms. The lowest BCUT2D eigenvalue weighted by molar-refractivity contribution is 0.748. The highest BCUT2D eigenvalue weighted by Gasteiger charge is 2.14. The molecule has 1 heterocycles. The summed E-state index contributed by atoms with van der Waals surface area (Å²) in [5, 5.41) is 3.91. The molecule has 0 saturated carbocycles. The number of hydrogen-bond acceptors (Lipinski definition) is 1. The Morgan fingerprint density at radius 2 is 1.50 bits per heavy atom. The molecule has 0 aliphatic heterocycles. The number of rotatable bonds is 5. The average Bonchev–Trinajstić information content (AvgIpc) is 3.00. The maximum Gasteiger partial charge on any atom is 0.0503 e. The number of aryl methyl sites for hydroxylation is 1. The zero-order valence-corrected chi connectivity index (χ0v) is 13.8. The quantitative estimate of drug-likeness (QED) is 0.484. The van der Waals surface area contributed by atoms with Crippen molar-refractivity contribution >= 4 is 21.7 Å². The first-order valence-corrected chi connectivity index (χ1v) is 8.66. The molecule has 120 valence electrons. The lowest BCUT2D eigenvalue weighted by Crippen LogP contribution is -1.99. The Labute approximate surface area is 142 Å². The molecule has 0 unspecified atom stereocenters. The molecule has 0 amide bonds. The number of para-hydroxylation sites is 1. The van der Waals surface area contributed by atoms with Crippen molar-refractivity contribution in [1.82, 2.24) is 4.98 Å². The van der Waals surface area contributed by atoms with Crippen LogP contribution in [0.2, 0.25) is 0 Å². The van der Waals surface area contributed by atoms with Gasteiger partial charge in [0.05, 0.1) is 5.69 Å². The molecule has 0 saturated heterocycles. The third-order valence-corrected chi connectivity index (χ3v) is 4.75. The van der Waals surface area contributed by atoms with Crippen LogP contribution in [0.25, 0.3) is 32.9 Å². The van der Waals surface area contributed by atoms with Gasteiger partial charge in [-0.05, 0) is 48.2 Å². The van der Waals surface area contributed by atoms with Crippen LogP contribution in [0.1, 0.15) is 18.4 Å². The second kappa shape index (κ2) is 6.50. The maximum atomic E-state index is 5.70. The first-order valence-electron chi connectivity index (χ1n) is 8.66. The highest BCUT2D eigenvalue weighted by molar-refractivity contribution is 6.00. The largest absolute Gasteiger partial charge is 0.354 e. The molecule has 0 aliphatic carbocycles. The SMILES string of the molecule is NCCCCc1c(-c2cccc3ccccc23)[nH]c2ccccc12. The maximum absolute atomic E-state index is 5.70. The minimum atomic E-state index is 0.756. The van der Waals surface area contributed by atoms with E-state index in [2.05, 4.69) is 71.7 Å². The first kappa shape index (κ1) is 15.0. The summed E-state index contributed by atoms with van der Waals surface area (Å²) >= 11 is 0. The Morgan fingerprint density at radius 3 is 2.38 bits per heavy atom. The van der Waals surface area contributed by atoms with Crippen molar-refractivity contribution in [2.75, 3.05) is 6.54 Å². The van der Waals surface area contributed by atoms with Gasteiger partial charge < -0.3 is 10.7 Å². The fourth-order valence-corrected chi connectivity index (χ4v) is 3.58. The van der Waals surface area contributed by atoms with Crippen LogP contribution in [0.5, 0.6) is 0 Å². The molecular weight excluding hydrogens is 292 g/mol. The number of unbranched alkanes of at least 4 members (excludes halogenated alkanes) is 1. The van der Waals surface area contributed by atoms with Crippen molar-refractivity contribution in [1.29, 1.82) is 0 Å². The third kappa shape index (κ3) is 2.59. The fraction of sp³-hybridized carbons (Fsp3) is 0.182. The van der Waals surface area contributed by atoms with E-state index in [0.717, 1.165) is 25.8 Å². The van der Waals surface area contributed by atoms with Crippen LogP contribution < -0.4 is 5.73 Å². The number of benzene rings is 3. The third-order valence-electron chi connectivity index (χ3n) is 4.75. The van der Waals surface area contributed by atoms with Crippen molar-refractivity contribution in [2.24, 2.45) is 5.73 Å². The van der Waals surface area contributed by atoms with Crippen LogP contribution in [-0.2, 0) is 6.42 Å². The smallest absolute Gasteiger partial charge is 0.0503 e. The number of hydrogen-bond donors (Lipinski definition) is 2. The highest BCUT2D eigenvalue weighted by atomic mass is 14.7. The lowest BCUT2D eigenvalue weighted by atomic mass is 9.96. The van der Waals surface area contributed by atoms with Crippen LogP contribution in [0.4, 0.5) is 0 Å². The lowest BCUT2D eigenvalue weighted by Gasteiger charge is -2.09. The van der Waals surface area contributed by atoms with Gasteiger partial charge in [-0.1, -0.05) is 60.7 Å². The predicted molar refractivity (Wildman–Crippen MR) is 103 cm³/mol. The van der Waals surface area contributed by atoms with Gasteiger partial charge >= 0.3 is 0 Å². The Kier molecular flexibility index (Phi) is 4.06. The first-order chi connectivity index (χ1) is 11.9. The second-order valence-electron chi connectivity index (χ2n) is 6.30. The number of aromatic amines is 1. The van der Waals surface area contributed by atoms with Gasteiger partial charge in [0, 0.05) is 16.5 Å². The summed E-state index contributed by atoms with van der Waals surface area (Å²) in [7, 11) is 0. The molecule has 2 heteroatoms. The summed E-state index contributed by atoms with van der Waals surface area (Å²) in [6, 6.07) is 23.7. The molecule has 1 aromatic heterocycles. The van der Waals surface area contributed by atoms with Gasteiger partial charge in [0.25, 0.3) is 0 Å². The topological polar surface area (TPSA) is 41.8 Å². The summed E-state index contributed by atoms with van der Waals surface area (Å²) in [4.78, 5) is 3.67. The standard InChI is InChI=1S/C22H22N2/c23-15-6-5-12-20-18-11-3-4-14-21(18)24-22(20)19-13-7-9-16-8-1-2-10-17(16)19/h1-4,7-11,13-14,24H,5-6,12,15,23H2. The van der Waals surface area contributed by atoms with E-state index < -0.39 is 0 Å². The summed E-state index contributed by atoms with van der Waals surface area (Å²) in [6.07, 6.45) is 3.24. The van der Waals surface area contributed by atoms with Crippen molar-refractivity contribution < 1.29 is 0 Å². The van der Waals surface area contributed by atoms with Crippen molar-refractivity contribution in [3.05, 3.63) is 72.3 Å². The van der Waals surface area contributed by atoms with E-state index in [0.29, 0.717) is 0 Å². The summed E-state index contributed by atoms with van der Waals surface area (Å²) in [6.45, 7) is 0.756. The van der Waals surface area contributed by atoms with E-state index in [1.807, 2.05) is 0 Å². The van der Waals surface area contributed by atoms with Gasteiger partial charge in [-0.2, -0.15) is 0 Å². The molecule has 2 nitrogen and oxygen atoms in total. The van der Waals surface area contributed by atoms with E-state index in [4.69, 9.17) is 5.73 Å². The van der Waals surface area contributed by atoms with E-state index in [1.165, 1.54) is 38.5 Å². The van der Waals surface area contributed by atoms with Crippen LogP contribution in [0, 0.1) is 0 Å². The van der Waals surface area contributed by atoms with Crippen LogP contribution >= 0.6 is 0 Å². The van der Waals surface area contributed by atoms with Gasteiger partial charge in [-0.3, -0.25) is 0 Å². The summed E-state index contributed by atoms with van der Waals surface area (Å²) in [5.41, 5.74) is 10.9. The van der Waals surface area contributed by atoms with Gasteiger partial charge in [-0.25, -0.2) is 0 Å². The van der Waals surface area contributed by atoms with E-state index >= 15 is 0 Å². The number of aromatic nitrogens is 1. The zero-order valence-electron chi connectivity index (χ0n) is 13.8. The number of H-pyrrole nitrogens is 1. The molecule has 4 aromatic rings. The van der Waals surface area contributed by atoms with Gasteiger partial charge in [0.1, 0.15) is 0 Å². The number of nitrogens with two attached hydrogens (primary N) is 1. The van der Waals surface area contributed by atoms with E-state index in [1.54, 1.807) is 0 Å². The molecule has 0 atom stereocenters. The van der Waals surface area contributed by atoms with E-state index in [-0.39, 0.29) is 0 Å². The number of nitrogens with one attached hydrogen (secondary N) is 1. The summed E-state index contributed by atoms with van der Waals surface area (Å²) in [5.74, 6) is 0. The molecule has 0 radical (unpaired) electrons. The van der Waals surface area contributed by atoms with Gasteiger partial charge in [0.15, 0.2) is 0 Å². The minimum Gasteiger partial charge on any atom is -0.354 e. The molecule has 0 spiro atoms. The second-order valence-corrected chi connectivity index (χ2v) is 6.30. The highest BCUT2D eigenvalue weighted by Crippen LogP contribution is 2.35. The molecule has 0 aliphatic rings. The van der Waals surface area contributed by atoms with Gasteiger partial charge in [-0.15, -0.1) is 0 Å². The Morgan fingerprint density at radius 1 is 0.750 bits per heavy atom. The van der Waals surface area contributed by atoms with Crippen LogP contribution in [-0.4, -0.2) is 11.5 Å². The monoisotopic (exact) mass is 314 g/mol. The normalized spacial score (nSPS) is 11.4. The van der Waals surface area contributed by atoms with E-state index in [9.17, 15) is 0 Å². The average molecular weight is 314 g/mol. The molecule has 3 aromatic carbocycles.